The van der Waals surface area contributed by atoms with Crippen LogP contribution in [0.25, 0.3) is 272 Å². The summed E-state index contributed by atoms with van der Waals surface area (Å²) in [5, 5.41) is 19.9. The molecule has 0 fully saturated rings. The van der Waals surface area contributed by atoms with Crippen molar-refractivity contribution >= 4 is 216 Å². The fourth-order valence-electron chi connectivity index (χ4n) is 19.7. The number of fused-ring (bicyclic) bond motifs is 30. The molecule has 18 aromatic carbocycles. The molecule has 0 bridgehead atoms. The average Bonchev–Trinajstić information content (AvgIpc) is 1.55. The van der Waals surface area contributed by atoms with Gasteiger partial charge in [-0.15, -0.1) is 22.7 Å². The Balaban J connectivity index is 0.000000130. The molecule has 10 aromatic heterocycles. The van der Waals surface area contributed by atoms with Crippen LogP contribution in [0, 0.1) is 0 Å². The van der Waals surface area contributed by atoms with Crippen molar-refractivity contribution in [2.75, 3.05) is 0 Å². The molecular formula is C112H62N6O4S2. The van der Waals surface area contributed by atoms with Crippen LogP contribution < -0.4 is 0 Å². The molecule has 12 heteroatoms. The van der Waals surface area contributed by atoms with E-state index in [0.717, 1.165) is 234 Å². The highest BCUT2D eigenvalue weighted by Crippen LogP contribution is 2.51. The van der Waals surface area contributed by atoms with Crippen LogP contribution in [0.15, 0.2) is 394 Å². The Kier molecular flexibility index (Phi) is 14.8. The van der Waals surface area contributed by atoms with Crippen LogP contribution >= 0.6 is 22.7 Å². The van der Waals surface area contributed by atoms with Gasteiger partial charge < -0.3 is 17.7 Å². The predicted molar refractivity (Wildman–Crippen MR) is 515 cm³/mol. The molecular weight excluding hydrogens is 1560 g/mol. The van der Waals surface area contributed by atoms with E-state index in [1.165, 1.54) is 26.1 Å². The van der Waals surface area contributed by atoms with Crippen LogP contribution in [0.3, 0.4) is 0 Å². The Morgan fingerprint density at radius 2 is 0.565 bits per heavy atom. The number of para-hydroxylation sites is 4. The molecule has 0 atom stereocenters. The van der Waals surface area contributed by atoms with Crippen molar-refractivity contribution in [1.29, 1.82) is 0 Å². The van der Waals surface area contributed by atoms with Crippen molar-refractivity contribution in [3.63, 3.8) is 0 Å². The topological polar surface area (TPSA) is 114 Å². The van der Waals surface area contributed by atoms with E-state index in [0.29, 0.717) is 11.9 Å². The summed E-state index contributed by atoms with van der Waals surface area (Å²) in [6.45, 7) is 0. The molecule has 0 N–H and O–H groups in total. The van der Waals surface area contributed by atoms with Crippen molar-refractivity contribution in [2.45, 2.75) is 0 Å². The first kappa shape index (κ1) is 68.8. The van der Waals surface area contributed by atoms with Gasteiger partial charge in [0, 0.05) is 85.2 Å². The van der Waals surface area contributed by atoms with E-state index in [4.69, 9.17) is 37.6 Å². The van der Waals surface area contributed by atoms with Crippen LogP contribution in [-0.4, -0.2) is 29.1 Å². The quantitative estimate of drug-likeness (QED) is 0.148. The van der Waals surface area contributed by atoms with E-state index in [1.54, 1.807) is 22.7 Å². The average molecular weight is 1620 g/mol. The molecule has 0 aliphatic rings. The highest BCUT2D eigenvalue weighted by Gasteiger charge is 2.28. The fraction of sp³-hybridized carbons (Fsp3) is 0. The van der Waals surface area contributed by atoms with Gasteiger partial charge in [0.2, 0.25) is 11.9 Å². The van der Waals surface area contributed by atoms with Gasteiger partial charge >= 0.3 is 0 Å². The van der Waals surface area contributed by atoms with Gasteiger partial charge in [0.25, 0.3) is 0 Å². The molecule has 576 valence electrons. The molecule has 0 aliphatic heterocycles. The smallest absolute Gasteiger partial charge is 0.235 e. The SMILES string of the molecule is c1ccc(-c2ccc(-c3nc(-n4c5ccccc5c5c6oc7cc(-c8ccc9c(c8)oc8ccccc89)c8ccccc8c7c6ccc54)nc4c3sc3ccccc34)cc2)cc1.c1ccc(-c2cccc(-c3nc(-n4c5ccccc5c5c6oc7cc(-c8ccc9c(c8)oc8ccccc89)c8ccccc8c7c6ccc54)nc4c3sc3ccccc34)c2)cc1. The molecule has 10 heterocycles. The second-order valence-electron chi connectivity index (χ2n) is 32.1. The summed E-state index contributed by atoms with van der Waals surface area (Å²) in [6, 6.07) is 133. The lowest BCUT2D eigenvalue weighted by atomic mass is 9.94. The molecule has 28 aromatic rings. The summed E-state index contributed by atoms with van der Waals surface area (Å²) in [5.74, 6) is 1.25. The molecule has 0 saturated carbocycles. The Morgan fingerprint density at radius 1 is 0.202 bits per heavy atom. The second-order valence-corrected chi connectivity index (χ2v) is 34.2. The van der Waals surface area contributed by atoms with Gasteiger partial charge in [-0.25, -0.2) is 19.9 Å². The monoisotopic (exact) mass is 1620 g/mol. The number of furan rings is 4. The molecule has 0 saturated heterocycles. The van der Waals surface area contributed by atoms with Crippen LogP contribution in [0.5, 0.6) is 0 Å². The predicted octanol–water partition coefficient (Wildman–Crippen LogP) is 31.8. The Morgan fingerprint density at radius 3 is 1.06 bits per heavy atom. The minimum Gasteiger partial charge on any atom is -0.456 e. The zero-order valence-electron chi connectivity index (χ0n) is 65.9. The van der Waals surface area contributed by atoms with E-state index < -0.39 is 0 Å². The lowest BCUT2D eigenvalue weighted by Crippen LogP contribution is -2.02. The van der Waals surface area contributed by atoms with Gasteiger partial charge in [0.05, 0.1) is 64.7 Å². The zero-order valence-corrected chi connectivity index (χ0v) is 67.6. The normalized spacial score (nSPS) is 12.2. The standard InChI is InChI=1S/2C56H31N3O2S/c1-2-13-32(14-3-1)33-15-12-16-35(29-33)52-55-53(41-21-8-11-24-49(41)62-55)58-56(57-52)59-44-22-9-6-20-40(44)51-45(59)28-27-42-50-39-19-5-4-17-36(39)43(31-48(50)61-54(42)51)34-25-26-38-37-18-7-10-23-46(37)60-47(38)30-34;1-2-12-32(13-3-1)33-22-24-34(25-23-33)52-55-53(41-18-8-11-21-49(41)62-55)58-56(57-52)59-44-19-9-6-17-40(44)51-45(59)29-28-42-50-39-16-5-4-14-36(39)43(31-48(50)61-54(42)51)35-26-27-38-37-15-7-10-20-46(37)60-47(38)30-35/h2*1-31H. The number of hydrogen-bond acceptors (Lipinski definition) is 10. The van der Waals surface area contributed by atoms with Crippen LogP contribution in [0.4, 0.5) is 0 Å². The van der Waals surface area contributed by atoms with Crippen LogP contribution in [0.1, 0.15) is 0 Å². The molecule has 0 amide bonds. The Bertz CT molecular complexity index is 9410. The minimum absolute atomic E-state index is 0.622. The summed E-state index contributed by atoms with van der Waals surface area (Å²) < 4.78 is 35.9. The third-order valence-electron chi connectivity index (χ3n) is 25.3. The van der Waals surface area contributed by atoms with Crippen molar-refractivity contribution in [1.82, 2.24) is 29.1 Å². The summed E-state index contributed by atoms with van der Waals surface area (Å²) in [4.78, 5) is 21.9. The Labute approximate surface area is 712 Å². The third-order valence-corrected chi connectivity index (χ3v) is 27.6. The zero-order chi connectivity index (χ0) is 80.9. The van der Waals surface area contributed by atoms with Crippen LogP contribution in [-0.2, 0) is 0 Å². The molecule has 0 spiro atoms. The first-order valence-electron chi connectivity index (χ1n) is 41.6. The van der Waals surface area contributed by atoms with Crippen molar-refractivity contribution in [2.24, 2.45) is 0 Å². The fourth-order valence-corrected chi connectivity index (χ4v) is 22.0. The van der Waals surface area contributed by atoms with Crippen LogP contribution in [0.2, 0.25) is 0 Å². The maximum absolute atomic E-state index is 7.12. The highest BCUT2D eigenvalue weighted by molar-refractivity contribution is 7.26. The van der Waals surface area contributed by atoms with E-state index >= 15 is 0 Å². The maximum Gasteiger partial charge on any atom is 0.235 e. The largest absolute Gasteiger partial charge is 0.456 e. The van der Waals surface area contributed by atoms with Gasteiger partial charge in [-0.3, -0.25) is 9.13 Å². The van der Waals surface area contributed by atoms with Gasteiger partial charge in [-0.1, -0.05) is 273 Å². The number of hydrogen-bond donors (Lipinski definition) is 0. The highest BCUT2D eigenvalue weighted by atomic mass is 32.1. The molecule has 28 rings (SSSR count). The third kappa shape index (κ3) is 10.3. The van der Waals surface area contributed by atoms with Crippen molar-refractivity contribution < 1.29 is 17.7 Å². The van der Waals surface area contributed by atoms with E-state index in [9.17, 15) is 0 Å². The lowest BCUT2D eigenvalue weighted by molar-refractivity contribution is 0.668. The van der Waals surface area contributed by atoms with Crippen molar-refractivity contribution in [3.05, 3.63) is 376 Å². The number of benzene rings is 18. The van der Waals surface area contributed by atoms with E-state index in [-0.39, 0.29) is 0 Å². The van der Waals surface area contributed by atoms with Gasteiger partial charge in [-0.2, -0.15) is 0 Å². The van der Waals surface area contributed by atoms with Gasteiger partial charge in [-0.05, 0) is 169 Å². The molecule has 0 aliphatic carbocycles. The summed E-state index contributed by atoms with van der Waals surface area (Å²) in [6.07, 6.45) is 0. The second kappa shape index (κ2) is 26.7. The summed E-state index contributed by atoms with van der Waals surface area (Å²) in [5.41, 5.74) is 25.8. The molecule has 124 heavy (non-hydrogen) atoms. The first-order chi connectivity index (χ1) is 61.5. The number of rotatable bonds is 8. The number of aromatic nitrogens is 6. The Hall–Kier alpha value is -16.1. The van der Waals surface area contributed by atoms with E-state index in [2.05, 4.69) is 361 Å². The molecule has 10 nitrogen and oxygen atoms in total. The number of thiophene rings is 2. The molecule has 0 radical (unpaired) electrons. The van der Waals surface area contributed by atoms with Crippen molar-refractivity contribution in [3.8, 4) is 78.9 Å². The molecule has 0 unspecified atom stereocenters. The van der Waals surface area contributed by atoms with E-state index in [1.807, 2.05) is 24.3 Å². The minimum atomic E-state index is 0.622. The summed E-state index contributed by atoms with van der Waals surface area (Å²) >= 11 is 3.50. The van der Waals surface area contributed by atoms with Gasteiger partial charge in [0.1, 0.15) is 44.7 Å². The lowest BCUT2D eigenvalue weighted by Gasteiger charge is -2.11. The first-order valence-corrected chi connectivity index (χ1v) is 43.2. The summed E-state index contributed by atoms with van der Waals surface area (Å²) in [7, 11) is 0. The number of nitrogens with zero attached hydrogens (tertiary/aromatic N) is 6. The maximum atomic E-state index is 7.12. The van der Waals surface area contributed by atoms with Gasteiger partial charge in [0.15, 0.2) is 0 Å².